The number of thioether (sulfide) groups is 1. The molecule has 0 saturated heterocycles. The Balaban J connectivity index is 1.97. The number of aryl methyl sites for hydroxylation is 2. The van der Waals surface area contributed by atoms with Crippen LogP contribution in [0.5, 0.6) is 0 Å². The molecule has 2 N–H and O–H groups in total. The minimum Gasteiger partial charge on any atom is -0.444 e. The van der Waals surface area contributed by atoms with Crippen molar-refractivity contribution in [2.45, 2.75) is 90.6 Å². The van der Waals surface area contributed by atoms with E-state index in [4.69, 9.17) is 4.74 Å². The second-order valence-electron chi connectivity index (χ2n) is 11.3. The molecule has 7 nitrogen and oxygen atoms in total. The van der Waals surface area contributed by atoms with Gasteiger partial charge >= 0.3 is 6.09 Å². The molecular weight excluding hydrogens is 510 g/mol. The highest BCUT2D eigenvalue weighted by Crippen LogP contribution is 2.34. The van der Waals surface area contributed by atoms with E-state index in [1.807, 2.05) is 68.6 Å². The van der Waals surface area contributed by atoms with Crippen LogP contribution < -0.4 is 10.6 Å². The van der Waals surface area contributed by atoms with Crippen LogP contribution in [0.25, 0.3) is 0 Å². The molecule has 0 bridgehead atoms. The zero-order chi connectivity index (χ0) is 28.6. The van der Waals surface area contributed by atoms with Gasteiger partial charge in [-0.15, -0.1) is 0 Å². The van der Waals surface area contributed by atoms with Crippen molar-refractivity contribution >= 4 is 29.7 Å². The molecule has 1 aliphatic rings. The van der Waals surface area contributed by atoms with Gasteiger partial charge in [-0.2, -0.15) is 11.8 Å². The summed E-state index contributed by atoms with van der Waals surface area (Å²) >= 11 is 1.61. The van der Waals surface area contributed by atoms with E-state index in [2.05, 4.69) is 10.6 Å². The third kappa shape index (κ3) is 8.75. The number of nitrogens with zero attached hydrogens (tertiary/aromatic N) is 1. The van der Waals surface area contributed by atoms with Gasteiger partial charge in [-0.25, -0.2) is 4.79 Å². The van der Waals surface area contributed by atoms with Gasteiger partial charge in [0.15, 0.2) is 0 Å². The van der Waals surface area contributed by atoms with Crippen LogP contribution in [0.4, 0.5) is 4.79 Å². The van der Waals surface area contributed by atoms with Crippen molar-refractivity contribution in [3.63, 3.8) is 0 Å². The number of rotatable bonds is 11. The number of nitrogens with one attached hydrogen (secondary N) is 2. The minimum absolute atomic E-state index is 0.0798. The highest BCUT2D eigenvalue weighted by Gasteiger charge is 2.42. The molecule has 8 heteroatoms. The fraction of sp³-hybridized carbons (Fsp3) is 0.516. The number of ether oxygens (including phenoxy) is 1. The summed E-state index contributed by atoms with van der Waals surface area (Å²) in [4.78, 5) is 42.7. The lowest BCUT2D eigenvalue weighted by Gasteiger charge is -2.43. The van der Waals surface area contributed by atoms with Crippen LogP contribution in [0.15, 0.2) is 48.5 Å². The average Bonchev–Trinajstić information content (AvgIpc) is 2.85. The number of hydrogen-bond donors (Lipinski definition) is 2. The van der Waals surface area contributed by atoms with Crippen molar-refractivity contribution in [3.8, 4) is 0 Å². The second-order valence-corrected chi connectivity index (χ2v) is 12.2. The van der Waals surface area contributed by atoms with Gasteiger partial charge in [0.05, 0.1) is 0 Å². The number of carbonyl (C=O) groups excluding carboxylic acids is 3. The molecule has 3 rings (SSSR count). The molecule has 0 aliphatic heterocycles. The summed E-state index contributed by atoms with van der Waals surface area (Å²) in [5.74, 6) is 0.195. The number of alkyl carbamates (subject to hydrolysis) is 1. The summed E-state index contributed by atoms with van der Waals surface area (Å²) in [6.45, 7) is 9.77. The Morgan fingerprint density at radius 2 is 1.74 bits per heavy atom. The maximum atomic E-state index is 14.3. The molecule has 3 amide bonds. The molecule has 0 heterocycles. The van der Waals surface area contributed by atoms with E-state index in [0.29, 0.717) is 18.7 Å². The maximum absolute atomic E-state index is 14.3. The molecule has 2 atom stereocenters. The highest BCUT2D eigenvalue weighted by atomic mass is 32.2. The Kier molecular flexibility index (Phi) is 10.9. The van der Waals surface area contributed by atoms with Crippen molar-refractivity contribution in [2.24, 2.45) is 0 Å². The molecule has 39 heavy (non-hydrogen) atoms. The quantitative estimate of drug-likeness (QED) is 0.373. The van der Waals surface area contributed by atoms with Gasteiger partial charge in [0.25, 0.3) is 0 Å². The molecule has 0 radical (unpaired) electrons. The SMILES string of the molecule is CSCCC(NC(=O)OC(C)(C)C)C(=O)N(C1CCC1)C(C(=O)NCc1ccccc1)c1ccc(C)c(C)c1. The zero-order valence-electron chi connectivity index (χ0n) is 24.1. The summed E-state index contributed by atoms with van der Waals surface area (Å²) < 4.78 is 5.48. The van der Waals surface area contributed by atoms with Gasteiger partial charge in [0, 0.05) is 12.6 Å². The maximum Gasteiger partial charge on any atom is 0.408 e. The topological polar surface area (TPSA) is 87.7 Å². The number of amides is 3. The van der Waals surface area contributed by atoms with E-state index < -0.39 is 23.8 Å². The van der Waals surface area contributed by atoms with E-state index in [0.717, 1.165) is 41.5 Å². The van der Waals surface area contributed by atoms with E-state index >= 15 is 0 Å². The summed E-state index contributed by atoms with van der Waals surface area (Å²) in [5, 5.41) is 5.89. The van der Waals surface area contributed by atoms with Crippen LogP contribution in [0.3, 0.4) is 0 Å². The van der Waals surface area contributed by atoms with Crippen molar-refractivity contribution in [1.82, 2.24) is 15.5 Å². The molecule has 2 unspecified atom stereocenters. The monoisotopic (exact) mass is 553 g/mol. The second kappa shape index (κ2) is 13.9. The van der Waals surface area contributed by atoms with Gasteiger partial charge in [-0.05, 0) is 94.6 Å². The Morgan fingerprint density at radius 1 is 1.05 bits per heavy atom. The Bertz CT molecular complexity index is 1130. The van der Waals surface area contributed by atoms with Gasteiger partial charge in [-0.1, -0.05) is 48.5 Å². The first kappa shape index (κ1) is 30.5. The van der Waals surface area contributed by atoms with E-state index in [-0.39, 0.29) is 17.9 Å². The molecule has 0 aromatic heterocycles. The Morgan fingerprint density at radius 3 is 2.31 bits per heavy atom. The van der Waals surface area contributed by atoms with E-state index in [9.17, 15) is 14.4 Å². The molecule has 1 saturated carbocycles. The fourth-order valence-electron chi connectivity index (χ4n) is 4.56. The van der Waals surface area contributed by atoms with Crippen molar-refractivity contribution in [3.05, 3.63) is 70.8 Å². The van der Waals surface area contributed by atoms with E-state index in [1.54, 1.807) is 37.4 Å². The Hall–Kier alpha value is -3.00. The largest absolute Gasteiger partial charge is 0.444 e. The number of carbonyl (C=O) groups is 3. The minimum atomic E-state index is -0.817. The van der Waals surface area contributed by atoms with Gasteiger partial charge in [0.1, 0.15) is 17.7 Å². The van der Waals surface area contributed by atoms with Crippen LogP contribution in [0.2, 0.25) is 0 Å². The molecule has 1 aliphatic carbocycles. The van der Waals surface area contributed by atoms with Crippen molar-refractivity contribution < 1.29 is 19.1 Å². The van der Waals surface area contributed by atoms with Crippen LogP contribution in [-0.4, -0.2) is 52.5 Å². The number of hydrogen-bond acceptors (Lipinski definition) is 5. The van der Waals surface area contributed by atoms with Crippen LogP contribution >= 0.6 is 11.8 Å². The predicted octanol–water partition coefficient (Wildman–Crippen LogP) is 5.69. The van der Waals surface area contributed by atoms with Crippen LogP contribution in [0, 0.1) is 13.8 Å². The lowest BCUT2D eigenvalue weighted by atomic mass is 9.87. The number of benzene rings is 2. The summed E-state index contributed by atoms with van der Waals surface area (Å²) in [7, 11) is 0. The fourth-order valence-corrected chi connectivity index (χ4v) is 5.03. The molecule has 0 spiro atoms. The smallest absolute Gasteiger partial charge is 0.408 e. The van der Waals surface area contributed by atoms with Gasteiger partial charge in [-0.3, -0.25) is 9.59 Å². The lowest BCUT2D eigenvalue weighted by molar-refractivity contribution is -0.147. The zero-order valence-corrected chi connectivity index (χ0v) is 24.9. The normalized spacial score (nSPS) is 15.0. The summed E-state index contributed by atoms with van der Waals surface area (Å²) in [6.07, 6.45) is 4.41. The summed E-state index contributed by atoms with van der Waals surface area (Å²) in [5.41, 5.74) is 3.23. The van der Waals surface area contributed by atoms with Crippen molar-refractivity contribution in [2.75, 3.05) is 12.0 Å². The third-order valence-electron chi connectivity index (χ3n) is 7.01. The first-order valence-corrected chi connectivity index (χ1v) is 15.1. The highest BCUT2D eigenvalue weighted by molar-refractivity contribution is 7.98. The van der Waals surface area contributed by atoms with E-state index in [1.165, 1.54) is 0 Å². The average molecular weight is 554 g/mol. The first-order valence-electron chi connectivity index (χ1n) is 13.7. The predicted molar refractivity (Wildman–Crippen MR) is 158 cm³/mol. The van der Waals surface area contributed by atoms with Gasteiger partial charge < -0.3 is 20.3 Å². The standard InChI is InChI=1S/C31H43N3O4S/c1-21-15-16-24(19-22(21)2)27(28(35)32-20-23-11-8-7-9-12-23)34(25-13-10-14-25)29(36)26(17-18-39-6)33-30(37)38-31(3,4)5/h7-9,11-12,15-16,19,25-27H,10,13-14,17-18,20H2,1-6H3,(H,32,35)(H,33,37). The first-order chi connectivity index (χ1) is 18.5. The van der Waals surface area contributed by atoms with Crippen molar-refractivity contribution in [1.29, 1.82) is 0 Å². The lowest BCUT2D eigenvalue weighted by Crippen LogP contribution is -2.57. The molecule has 212 valence electrons. The van der Waals surface area contributed by atoms with Gasteiger partial charge in [0.2, 0.25) is 11.8 Å². The van der Waals surface area contributed by atoms with Crippen LogP contribution in [-0.2, 0) is 20.9 Å². The summed E-state index contributed by atoms with van der Waals surface area (Å²) in [6, 6.07) is 14.0. The molecular formula is C31H43N3O4S. The molecule has 2 aromatic carbocycles. The molecule has 2 aromatic rings. The van der Waals surface area contributed by atoms with Crippen LogP contribution in [0.1, 0.15) is 74.8 Å². The molecule has 1 fully saturated rings. The Labute approximate surface area is 237 Å². The third-order valence-corrected chi connectivity index (χ3v) is 7.65.